The van der Waals surface area contributed by atoms with Crippen LogP contribution in [0.3, 0.4) is 0 Å². The van der Waals surface area contributed by atoms with Gasteiger partial charge in [-0.25, -0.2) is 0 Å². The third kappa shape index (κ3) is 11.7. The average molecular weight is 181 g/mol. The molecule has 0 aromatic rings. The third-order valence-electron chi connectivity index (χ3n) is 2.36. The molecule has 0 aliphatic carbocycles. The van der Waals surface area contributed by atoms with Crippen LogP contribution in [-0.4, -0.2) is 0 Å². The molecule has 0 saturated heterocycles. The zero-order valence-electron chi connectivity index (χ0n) is 9.23. The second-order valence-corrected chi connectivity index (χ2v) is 3.69. The summed E-state index contributed by atoms with van der Waals surface area (Å²) in [6, 6.07) is 0. The molecule has 0 N–H and O–H groups in total. The van der Waals surface area contributed by atoms with Crippen LogP contribution in [0.2, 0.25) is 0 Å². The number of unbranched alkanes of at least 4 members (excludes halogenated alkanes) is 8. The Morgan fingerprint density at radius 3 is 1.92 bits per heavy atom. The summed E-state index contributed by atoms with van der Waals surface area (Å²) in [7, 11) is 0. The number of allylic oxidation sites excluding steroid dienone is 2. The quantitative estimate of drug-likeness (QED) is 0.350. The van der Waals surface area contributed by atoms with Gasteiger partial charge in [0.2, 0.25) is 0 Å². The predicted octanol–water partition coefficient (Wildman–Crippen LogP) is 4.91. The second-order valence-electron chi connectivity index (χ2n) is 3.69. The third-order valence-corrected chi connectivity index (χ3v) is 2.36. The molecule has 0 heterocycles. The molecule has 0 aromatic heterocycles. The van der Waals surface area contributed by atoms with Gasteiger partial charge in [-0.2, -0.15) is 0 Å². The summed E-state index contributed by atoms with van der Waals surface area (Å²) >= 11 is 0. The van der Waals surface area contributed by atoms with E-state index in [1.807, 2.05) is 0 Å². The van der Waals surface area contributed by atoms with E-state index in [1.54, 1.807) is 0 Å². The van der Waals surface area contributed by atoms with Gasteiger partial charge in [0.25, 0.3) is 0 Å². The van der Waals surface area contributed by atoms with E-state index >= 15 is 0 Å². The highest BCUT2D eigenvalue weighted by molar-refractivity contribution is 4.76. The van der Waals surface area contributed by atoms with Gasteiger partial charge in [0.15, 0.2) is 0 Å². The van der Waals surface area contributed by atoms with Crippen molar-refractivity contribution in [1.82, 2.24) is 0 Å². The molecule has 0 aromatic carbocycles. The summed E-state index contributed by atoms with van der Waals surface area (Å²) < 4.78 is 0. The maximum Gasteiger partial charge on any atom is -0.0351 e. The van der Waals surface area contributed by atoms with E-state index in [0.29, 0.717) is 0 Å². The maximum absolute atomic E-state index is 3.85. The summed E-state index contributed by atoms with van der Waals surface area (Å²) in [4.78, 5) is 0. The highest BCUT2D eigenvalue weighted by Crippen LogP contribution is 2.09. The van der Waals surface area contributed by atoms with Crippen molar-refractivity contribution < 1.29 is 0 Å². The number of hydrogen-bond donors (Lipinski definition) is 0. The monoisotopic (exact) mass is 181 g/mol. The normalized spacial score (nSPS) is 11.2. The highest BCUT2D eigenvalue weighted by Gasteiger charge is 1.89. The van der Waals surface area contributed by atoms with Gasteiger partial charge in [0.1, 0.15) is 0 Å². The van der Waals surface area contributed by atoms with Crippen molar-refractivity contribution in [3.8, 4) is 0 Å². The standard InChI is InChI=1S/C13H25/c1-3-5-7-9-11-13-12-10-8-6-4-2/h4,6H,1,3,5,7-13H2,2H3/b6-4-. The molecule has 0 spiro atoms. The van der Waals surface area contributed by atoms with Crippen LogP contribution in [0.1, 0.15) is 64.7 Å². The fraction of sp³-hybridized carbons (Fsp3) is 0.769. The summed E-state index contributed by atoms with van der Waals surface area (Å²) in [6.07, 6.45) is 16.6. The molecule has 0 rings (SSSR count). The maximum atomic E-state index is 3.85. The Morgan fingerprint density at radius 2 is 1.38 bits per heavy atom. The lowest BCUT2D eigenvalue weighted by Gasteiger charge is -1.99. The molecule has 0 nitrogen and oxygen atoms in total. The first-order chi connectivity index (χ1) is 6.41. The Bertz CT molecular complexity index is 103. The molecule has 0 atom stereocenters. The lowest BCUT2D eigenvalue weighted by Crippen LogP contribution is -1.79. The van der Waals surface area contributed by atoms with Gasteiger partial charge >= 0.3 is 0 Å². The topological polar surface area (TPSA) is 0 Å². The molecule has 0 fully saturated rings. The van der Waals surface area contributed by atoms with Crippen molar-refractivity contribution in [2.45, 2.75) is 64.7 Å². The van der Waals surface area contributed by atoms with Gasteiger partial charge in [-0.3, -0.25) is 0 Å². The smallest absolute Gasteiger partial charge is 0.0351 e. The molecular formula is C13H25. The molecule has 1 radical (unpaired) electrons. The van der Waals surface area contributed by atoms with Gasteiger partial charge in [-0.1, -0.05) is 64.0 Å². The largest absolute Gasteiger partial charge is 0.0917 e. The van der Waals surface area contributed by atoms with Crippen molar-refractivity contribution >= 4 is 0 Å². The highest BCUT2D eigenvalue weighted by atomic mass is 14.0. The number of hydrogen-bond acceptors (Lipinski definition) is 0. The molecule has 0 aliphatic rings. The van der Waals surface area contributed by atoms with Crippen molar-refractivity contribution in [3.63, 3.8) is 0 Å². The molecule has 13 heavy (non-hydrogen) atoms. The summed E-state index contributed by atoms with van der Waals surface area (Å²) in [5.41, 5.74) is 0. The van der Waals surface area contributed by atoms with Crippen LogP contribution in [0.15, 0.2) is 12.2 Å². The Labute approximate surface area is 84.4 Å². The van der Waals surface area contributed by atoms with E-state index in [-0.39, 0.29) is 0 Å². The summed E-state index contributed by atoms with van der Waals surface area (Å²) in [5.74, 6) is 0. The lowest BCUT2D eigenvalue weighted by molar-refractivity contribution is 0.583. The van der Waals surface area contributed by atoms with Gasteiger partial charge < -0.3 is 0 Å². The van der Waals surface area contributed by atoms with E-state index in [0.717, 1.165) is 6.42 Å². The van der Waals surface area contributed by atoms with E-state index in [1.165, 1.54) is 51.4 Å². The molecule has 0 saturated carbocycles. The SMILES string of the molecule is [CH2]CCCCCCCCC/C=C\C. The molecule has 77 valence electrons. The minimum absolute atomic E-state index is 1.11. The first-order valence-electron chi connectivity index (χ1n) is 5.82. The minimum atomic E-state index is 1.11. The molecular weight excluding hydrogens is 156 g/mol. The molecule has 0 bridgehead atoms. The minimum Gasteiger partial charge on any atom is -0.0917 e. The molecule has 0 heteroatoms. The van der Waals surface area contributed by atoms with Gasteiger partial charge in [0, 0.05) is 0 Å². The van der Waals surface area contributed by atoms with Gasteiger partial charge in [-0.05, 0) is 19.8 Å². The van der Waals surface area contributed by atoms with Crippen LogP contribution in [-0.2, 0) is 0 Å². The van der Waals surface area contributed by atoms with E-state index in [4.69, 9.17) is 0 Å². The first-order valence-corrected chi connectivity index (χ1v) is 5.82. The van der Waals surface area contributed by atoms with Crippen LogP contribution in [0.5, 0.6) is 0 Å². The molecule has 0 amide bonds. The molecule has 0 aliphatic heterocycles. The van der Waals surface area contributed by atoms with Crippen molar-refractivity contribution in [1.29, 1.82) is 0 Å². The first kappa shape index (κ1) is 12.7. The number of rotatable bonds is 9. The summed E-state index contributed by atoms with van der Waals surface area (Å²) in [6.45, 7) is 5.94. The zero-order chi connectivity index (χ0) is 9.78. The van der Waals surface area contributed by atoms with E-state index in [9.17, 15) is 0 Å². The Morgan fingerprint density at radius 1 is 0.846 bits per heavy atom. The lowest BCUT2D eigenvalue weighted by atomic mass is 10.1. The van der Waals surface area contributed by atoms with E-state index in [2.05, 4.69) is 26.0 Å². The van der Waals surface area contributed by atoms with Crippen LogP contribution in [0.4, 0.5) is 0 Å². The fourth-order valence-electron chi connectivity index (χ4n) is 1.49. The Balaban J connectivity index is 2.83. The van der Waals surface area contributed by atoms with Crippen LogP contribution in [0, 0.1) is 6.92 Å². The summed E-state index contributed by atoms with van der Waals surface area (Å²) in [5, 5.41) is 0. The van der Waals surface area contributed by atoms with Gasteiger partial charge in [0.05, 0.1) is 0 Å². The zero-order valence-corrected chi connectivity index (χ0v) is 9.23. The molecule has 0 unspecified atom stereocenters. The predicted molar refractivity (Wildman–Crippen MR) is 61.7 cm³/mol. The Kier molecular flexibility index (Phi) is 11.5. The van der Waals surface area contributed by atoms with Crippen molar-refractivity contribution in [2.24, 2.45) is 0 Å². The van der Waals surface area contributed by atoms with Gasteiger partial charge in [-0.15, -0.1) is 0 Å². The Hall–Kier alpha value is -0.260. The van der Waals surface area contributed by atoms with Crippen molar-refractivity contribution in [3.05, 3.63) is 19.1 Å². The van der Waals surface area contributed by atoms with Crippen molar-refractivity contribution in [2.75, 3.05) is 0 Å². The average Bonchev–Trinajstić information content (AvgIpc) is 2.16. The fourth-order valence-corrected chi connectivity index (χ4v) is 1.49. The van der Waals surface area contributed by atoms with Crippen LogP contribution in [0.25, 0.3) is 0 Å². The van der Waals surface area contributed by atoms with E-state index < -0.39 is 0 Å². The second kappa shape index (κ2) is 11.7. The van der Waals surface area contributed by atoms with Crippen LogP contribution < -0.4 is 0 Å². The van der Waals surface area contributed by atoms with Crippen LogP contribution >= 0.6 is 0 Å².